The van der Waals surface area contributed by atoms with E-state index in [1.165, 1.54) is 20.2 Å². The lowest BCUT2D eigenvalue weighted by Crippen LogP contribution is -2.39. The van der Waals surface area contributed by atoms with Crippen LogP contribution in [0.25, 0.3) is 0 Å². The van der Waals surface area contributed by atoms with E-state index in [4.69, 9.17) is 4.74 Å². The molecule has 0 spiro atoms. The van der Waals surface area contributed by atoms with Crippen LogP contribution < -0.4 is 10.2 Å². The van der Waals surface area contributed by atoms with Crippen LogP contribution in [0, 0.1) is 0 Å². The van der Waals surface area contributed by atoms with Gasteiger partial charge in [0, 0.05) is 53.0 Å². The van der Waals surface area contributed by atoms with Crippen molar-refractivity contribution in [2.24, 2.45) is 0 Å². The van der Waals surface area contributed by atoms with E-state index in [0.29, 0.717) is 45.0 Å². The third-order valence-electron chi connectivity index (χ3n) is 4.37. The van der Waals surface area contributed by atoms with Crippen LogP contribution in [0.3, 0.4) is 0 Å². The molecule has 0 unspecified atom stereocenters. The fourth-order valence-corrected chi connectivity index (χ4v) is 3.65. The lowest BCUT2D eigenvalue weighted by molar-refractivity contribution is 0.0796. The van der Waals surface area contributed by atoms with Gasteiger partial charge in [-0.05, 0) is 25.2 Å². The lowest BCUT2D eigenvalue weighted by atomic mass is 10.1. The molecule has 0 aromatic heterocycles. The van der Waals surface area contributed by atoms with E-state index in [1.807, 2.05) is 7.05 Å². The van der Waals surface area contributed by atoms with Gasteiger partial charge in [-0.3, -0.25) is 4.79 Å². The minimum atomic E-state index is -3.62. The van der Waals surface area contributed by atoms with Crippen LogP contribution in [0.15, 0.2) is 23.1 Å². The Kier molecular flexibility index (Phi) is 6.99. The first kappa shape index (κ1) is 20.6. The number of ether oxygens (including phenoxy) is 1. The number of carbonyl (C=O) groups is 1. The van der Waals surface area contributed by atoms with Crippen molar-refractivity contribution in [3.05, 3.63) is 23.8 Å². The standard InChI is InChI=1S/C17H28N4O4S/c1-18-7-8-20(4)17(22)15-13-14(26(23,24)19(2)3)5-6-16(15)21-9-11-25-12-10-21/h5-6,13,18H,7-12H2,1-4H3. The highest BCUT2D eigenvalue weighted by Gasteiger charge is 2.25. The molecule has 0 bridgehead atoms. The summed E-state index contributed by atoms with van der Waals surface area (Å²) in [5, 5.41) is 3.01. The van der Waals surface area contributed by atoms with Gasteiger partial charge in [0.25, 0.3) is 5.91 Å². The van der Waals surface area contributed by atoms with Crippen LogP contribution >= 0.6 is 0 Å². The molecule has 0 radical (unpaired) electrons. The first-order valence-corrected chi connectivity index (χ1v) is 10.0. The Bertz CT molecular complexity index is 730. The third kappa shape index (κ3) is 4.53. The fraction of sp³-hybridized carbons (Fsp3) is 0.588. The predicted molar refractivity (Wildman–Crippen MR) is 101 cm³/mol. The van der Waals surface area contributed by atoms with Gasteiger partial charge in [-0.2, -0.15) is 0 Å². The van der Waals surface area contributed by atoms with Crippen molar-refractivity contribution in [3.8, 4) is 0 Å². The van der Waals surface area contributed by atoms with Crippen LogP contribution in [0.1, 0.15) is 10.4 Å². The molecule has 0 saturated carbocycles. The molecule has 1 aliphatic heterocycles. The van der Waals surface area contributed by atoms with Crippen molar-refractivity contribution in [1.82, 2.24) is 14.5 Å². The number of anilines is 1. The van der Waals surface area contributed by atoms with Crippen LogP contribution in [-0.4, -0.2) is 91.1 Å². The van der Waals surface area contributed by atoms with Crippen molar-refractivity contribution < 1.29 is 17.9 Å². The number of rotatable bonds is 7. The van der Waals surface area contributed by atoms with Gasteiger partial charge in [-0.1, -0.05) is 0 Å². The Morgan fingerprint density at radius 1 is 1.23 bits per heavy atom. The number of benzene rings is 1. The summed E-state index contributed by atoms with van der Waals surface area (Å²) in [4.78, 5) is 16.8. The summed E-state index contributed by atoms with van der Waals surface area (Å²) in [7, 11) is 2.88. The van der Waals surface area contributed by atoms with Gasteiger partial charge in [-0.25, -0.2) is 12.7 Å². The minimum Gasteiger partial charge on any atom is -0.378 e. The van der Waals surface area contributed by atoms with Crippen molar-refractivity contribution in [2.75, 3.05) is 72.5 Å². The van der Waals surface area contributed by atoms with E-state index >= 15 is 0 Å². The molecule has 1 aromatic rings. The first-order valence-electron chi connectivity index (χ1n) is 8.58. The normalized spacial score (nSPS) is 15.3. The van der Waals surface area contributed by atoms with Gasteiger partial charge in [0.2, 0.25) is 10.0 Å². The van der Waals surface area contributed by atoms with E-state index in [0.717, 1.165) is 9.99 Å². The topological polar surface area (TPSA) is 82.2 Å². The Labute approximate surface area is 155 Å². The second-order valence-electron chi connectivity index (χ2n) is 6.40. The molecular weight excluding hydrogens is 356 g/mol. The highest BCUT2D eigenvalue weighted by Crippen LogP contribution is 2.27. The molecule has 1 saturated heterocycles. The number of amides is 1. The fourth-order valence-electron chi connectivity index (χ4n) is 2.72. The summed E-state index contributed by atoms with van der Waals surface area (Å²) >= 11 is 0. The minimum absolute atomic E-state index is 0.116. The van der Waals surface area contributed by atoms with Gasteiger partial charge >= 0.3 is 0 Å². The second-order valence-corrected chi connectivity index (χ2v) is 8.55. The Hall–Kier alpha value is -1.68. The van der Waals surface area contributed by atoms with E-state index in [-0.39, 0.29) is 10.8 Å². The number of sulfonamides is 1. The maximum atomic E-state index is 13.0. The van der Waals surface area contributed by atoms with Crippen molar-refractivity contribution >= 4 is 21.6 Å². The summed E-state index contributed by atoms with van der Waals surface area (Å²) in [5.41, 5.74) is 1.14. The summed E-state index contributed by atoms with van der Waals surface area (Å²) in [5.74, 6) is -0.197. The number of hydrogen-bond donors (Lipinski definition) is 1. The van der Waals surface area contributed by atoms with Crippen molar-refractivity contribution in [1.29, 1.82) is 0 Å². The summed E-state index contributed by atoms with van der Waals surface area (Å²) in [6, 6.07) is 4.77. The van der Waals surface area contributed by atoms with E-state index in [1.54, 1.807) is 24.1 Å². The molecule has 26 heavy (non-hydrogen) atoms. The van der Waals surface area contributed by atoms with Crippen LogP contribution in [0.5, 0.6) is 0 Å². The van der Waals surface area contributed by atoms with Gasteiger partial charge in [-0.15, -0.1) is 0 Å². The second kappa shape index (κ2) is 8.81. The monoisotopic (exact) mass is 384 g/mol. The Balaban J connectivity index is 2.46. The SMILES string of the molecule is CNCCN(C)C(=O)c1cc(S(=O)(=O)N(C)C)ccc1N1CCOCC1. The largest absolute Gasteiger partial charge is 0.378 e. The molecule has 1 heterocycles. The van der Waals surface area contributed by atoms with E-state index in [9.17, 15) is 13.2 Å². The molecule has 0 aliphatic carbocycles. The molecule has 1 aromatic carbocycles. The van der Waals surface area contributed by atoms with Crippen LogP contribution in [0.2, 0.25) is 0 Å². The Morgan fingerprint density at radius 3 is 2.46 bits per heavy atom. The van der Waals surface area contributed by atoms with Gasteiger partial charge < -0.3 is 19.9 Å². The number of likely N-dealkylation sites (N-methyl/N-ethyl adjacent to an activating group) is 2. The van der Waals surface area contributed by atoms with Crippen LogP contribution in [0.4, 0.5) is 5.69 Å². The molecule has 1 aliphatic rings. The zero-order valence-corrected chi connectivity index (χ0v) is 16.7. The summed E-state index contributed by atoms with van der Waals surface area (Å²) in [6.45, 7) is 3.69. The summed E-state index contributed by atoms with van der Waals surface area (Å²) < 4.78 is 31.5. The highest BCUT2D eigenvalue weighted by atomic mass is 32.2. The number of hydrogen-bond acceptors (Lipinski definition) is 6. The van der Waals surface area contributed by atoms with Crippen molar-refractivity contribution in [2.45, 2.75) is 4.90 Å². The van der Waals surface area contributed by atoms with Crippen LogP contribution in [-0.2, 0) is 14.8 Å². The third-order valence-corrected chi connectivity index (χ3v) is 6.18. The molecule has 1 N–H and O–H groups in total. The first-order chi connectivity index (χ1) is 12.3. The maximum absolute atomic E-state index is 13.0. The van der Waals surface area contributed by atoms with Gasteiger partial charge in [0.15, 0.2) is 0 Å². The molecule has 8 nitrogen and oxygen atoms in total. The lowest BCUT2D eigenvalue weighted by Gasteiger charge is -2.31. The molecule has 2 rings (SSSR count). The summed E-state index contributed by atoms with van der Waals surface area (Å²) in [6.07, 6.45) is 0. The average molecular weight is 385 g/mol. The number of nitrogens with zero attached hydrogens (tertiary/aromatic N) is 3. The Morgan fingerprint density at radius 2 is 1.88 bits per heavy atom. The van der Waals surface area contributed by atoms with E-state index < -0.39 is 10.0 Å². The zero-order valence-electron chi connectivity index (χ0n) is 15.9. The molecular formula is C17H28N4O4S. The van der Waals surface area contributed by atoms with Gasteiger partial charge in [0.1, 0.15) is 0 Å². The zero-order chi connectivity index (χ0) is 19.3. The highest BCUT2D eigenvalue weighted by molar-refractivity contribution is 7.89. The van der Waals surface area contributed by atoms with Gasteiger partial charge in [0.05, 0.1) is 23.7 Å². The van der Waals surface area contributed by atoms with E-state index in [2.05, 4.69) is 10.2 Å². The molecule has 9 heteroatoms. The smallest absolute Gasteiger partial charge is 0.255 e. The molecule has 146 valence electrons. The number of nitrogens with one attached hydrogen (secondary N) is 1. The molecule has 1 fully saturated rings. The molecule has 1 amide bonds. The quantitative estimate of drug-likeness (QED) is 0.716. The molecule has 0 atom stereocenters. The maximum Gasteiger partial charge on any atom is 0.255 e. The average Bonchev–Trinajstić information content (AvgIpc) is 2.65. The van der Waals surface area contributed by atoms with Crippen molar-refractivity contribution in [3.63, 3.8) is 0 Å². The number of carbonyl (C=O) groups excluding carboxylic acids is 1. The predicted octanol–water partition coefficient (Wildman–Crippen LogP) is 0.0649. The number of morpholine rings is 1.